The van der Waals surface area contributed by atoms with E-state index in [1.807, 2.05) is 6.07 Å². The second kappa shape index (κ2) is 6.52. The number of nitrogens with zero attached hydrogens (tertiary/aromatic N) is 1. The van der Waals surface area contributed by atoms with Crippen molar-refractivity contribution in [2.45, 2.75) is 38.6 Å². The molecule has 2 heterocycles. The fraction of sp³-hybridized carbons (Fsp3) is 0.353. The normalized spacial score (nSPS) is 13.1. The lowest BCUT2D eigenvalue weighted by Gasteiger charge is -2.14. The standard InChI is InChI=1S/C17H21N3S.BrH/c1-17(2,3)15-10-21-16(20-15)13(18)8-11-9-19-14-7-5-4-6-12(11)14;/h4-7,9-10,13,19H,8,18H2,1-3H3;1H. The second-order valence-electron chi connectivity index (χ2n) is 6.49. The summed E-state index contributed by atoms with van der Waals surface area (Å²) in [5.41, 5.74) is 9.99. The van der Waals surface area contributed by atoms with E-state index in [2.05, 4.69) is 55.5 Å². The van der Waals surface area contributed by atoms with Gasteiger partial charge in [-0.2, -0.15) is 0 Å². The van der Waals surface area contributed by atoms with E-state index in [0.717, 1.165) is 22.6 Å². The van der Waals surface area contributed by atoms with E-state index in [0.29, 0.717) is 0 Å². The summed E-state index contributed by atoms with van der Waals surface area (Å²) in [4.78, 5) is 8.03. The Bertz CT molecular complexity index is 754. The average molecular weight is 380 g/mol. The third-order valence-corrected chi connectivity index (χ3v) is 4.70. The molecule has 0 fully saturated rings. The van der Waals surface area contributed by atoms with E-state index in [1.54, 1.807) is 11.3 Å². The van der Waals surface area contributed by atoms with Gasteiger partial charge < -0.3 is 10.7 Å². The van der Waals surface area contributed by atoms with Crippen molar-refractivity contribution in [3.8, 4) is 0 Å². The molecule has 1 atom stereocenters. The second-order valence-corrected chi connectivity index (χ2v) is 7.38. The van der Waals surface area contributed by atoms with E-state index >= 15 is 0 Å². The highest BCUT2D eigenvalue weighted by atomic mass is 79.9. The third-order valence-electron chi connectivity index (χ3n) is 3.72. The summed E-state index contributed by atoms with van der Waals surface area (Å²) in [6.07, 6.45) is 2.86. The van der Waals surface area contributed by atoms with Gasteiger partial charge in [0, 0.05) is 27.9 Å². The van der Waals surface area contributed by atoms with Gasteiger partial charge in [0.25, 0.3) is 0 Å². The van der Waals surface area contributed by atoms with Gasteiger partial charge in [0.15, 0.2) is 0 Å². The van der Waals surface area contributed by atoms with Crippen LogP contribution in [-0.2, 0) is 11.8 Å². The number of thiazole rings is 1. The highest BCUT2D eigenvalue weighted by Crippen LogP contribution is 2.28. The maximum absolute atomic E-state index is 6.37. The van der Waals surface area contributed by atoms with Crippen molar-refractivity contribution >= 4 is 39.2 Å². The minimum absolute atomic E-state index is 0. The predicted molar refractivity (Wildman–Crippen MR) is 100 cm³/mol. The van der Waals surface area contributed by atoms with Gasteiger partial charge in [0.05, 0.1) is 11.7 Å². The molecule has 0 saturated carbocycles. The molecule has 5 heteroatoms. The zero-order valence-corrected chi connectivity index (χ0v) is 15.6. The lowest BCUT2D eigenvalue weighted by molar-refractivity contribution is 0.567. The first-order valence-electron chi connectivity index (χ1n) is 7.21. The number of rotatable bonds is 3. The monoisotopic (exact) mass is 379 g/mol. The van der Waals surface area contributed by atoms with Crippen LogP contribution in [-0.4, -0.2) is 9.97 Å². The lowest BCUT2D eigenvalue weighted by atomic mass is 9.93. The number of aromatic amines is 1. The van der Waals surface area contributed by atoms with Gasteiger partial charge in [-0.25, -0.2) is 4.98 Å². The van der Waals surface area contributed by atoms with Crippen molar-refractivity contribution in [1.29, 1.82) is 0 Å². The summed E-state index contributed by atoms with van der Waals surface area (Å²) in [6, 6.07) is 8.28. The third kappa shape index (κ3) is 3.42. The fourth-order valence-electron chi connectivity index (χ4n) is 2.43. The average Bonchev–Trinajstić information content (AvgIpc) is 3.05. The zero-order chi connectivity index (χ0) is 15.0. The minimum atomic E-state index is -0.0506. The first-order valence-corrected chi connectivity index (χ1v) is 8.09. The van der Waals surface area contributed by atoms with E-state index in [9.17, 15) is 0 Å². The van der Waals surface area contributed by atoms with Crippen molar-refractivity contribution in [3.63, 3.8) is 0 Å². The molecule has 1 unspecified atom stereocenters. The largest absolute Gasteiger partial charge is 0.361 e. The van der Waals surface area contributed by atoms with Crippen LogP contribution >= 0.6 is 28.3 Å². The molecule has 0 radical (unpaired) electrons. The smallest absolute Gasteiger partial charge is 0.110 e. The van der Waals surface area contributed by atoms with Gasteiger partial charge in [0.1, 0.15) is 5.01 Å². The van der Waals surface area contributed by atoms with Crippen LogP contribution in [0.25, 0.3) is 10.9 Å². The number of para-hydroxylation sites is 1. The van der Waals surface area contributed by atoms with Gasteiger partial charge in [-0.1, -0.05) is 39.0 Å². The Morgan fingerprint density at radius 2 is 2.00 bits per heavy atom. The molecule has 3 nitrogen and oxygen atoms in total. The number of hydrogen-bond acceptors (Lipinski definition) is 3. The Morgan fingerprint density at radius 1 is 1.27 bits per heavy atom. The molecule has 22 heavy (non-hydrogen) atoms. The van der Waals surface area contributed by atoms with Crippen molar-refractivity contribution < 1.29 is 0 Å². The SMILES string of the molecule is Br.CC(C)(C)c1csc(C(N)Cc2c[nH]c3ccccc23)n1. The first kappa shape index (κ1) is 17.2. The molecule has 0 bridgehead atoms. The van der Waals surface area contributed by atoms with E-state index < -0.39 is 0 Å². The Hall–Kier alpha value is -1.17. The Morgan fingerprint density at radius 3 is 2.68 bits per heavy atom. The molecule has 1 aromatic carbocycles. The molecular weight excluding hydrogens is 358 g/mol. The molecule has 2 aromatic heterocycles. The molecule has 3 rings (SSSR count). The molecule has 0 spiro atoms. The molecule has 0 saturated heterocycles. The maximum Gasteiger partial charge on any atom is 0.110 e. The van der Waals surface area contributed by atoms with Crippen molar-refractivity contribution in [2.75, 3.05) is 0 Å². The van der Waals surface area contributed by atoms with E-state index in [1.165, 1.54) is 10.9 Å². The molecule has 0 aliphatic rings. The number of aromatic nitrogens is 2. The number of H-pyrrole nitrogens is 1. The van der Waals surface area contributed by atoms with Crippen LogP contribution in [0, 0.1) is 0 Å². The van der Waals surface area contributed by atoms with Gasteiger partial charge in [-0.3, -0.25) is 0 Å². The van der Waals surface area contributed by atoms with Crippen molar-refractivity contribution in [3.05, 3.63) is 52.1 Å². The quantitative estimate of drug-likeness (QED) is 0.689. The van der Waals surface area contributed by atoms with Gasteiger partial charge in [-0.15, -0.1) is 28.3 Å². The Labute approximate surface area is 145 Å². The number of nitrogens with two attached hydrogens (primary N) is 1. The predicted octanol–water partition coefficient (Wildman–Crippen LogP) is 4.74. The number of hydrogen-bond donors (Lipinski definition) is 2. The maximum atomic E-state index is 6.37. The molecular formula is C17H22BrN3S. The summed E-state index contributed by atoms with van der Waals surface area (Å²) >= 11 is 1.67. The first-order chi connectivity index (χ1) is 9.95. The van der Waals surface area contributed by atoms with Crippen LogP contribution in [0.1, 0.15) is 43.1 Å². The van der Waals surface area contributed by atoms with Crippen molar-refractivity contribution in [1.82, 2.24) is 9.97 Å². The minimum Gasteiger partial charge on any atom is -0.361 e. The van der Waals surface area contributed by atoms with Crippen LogP contribution in [0.5, 0.6) is 0 Å². The summed E-state index contributed by atoms with van der Waals surface area (Å²) < 4.78 is 0. The summed E-state index contributed by atoms with van der Waals surface area (Å²) in [5.74, 6) is 0. The van der Waals surface area contributed by atoms with E-state index in [4.69, 9.17) is 10.7 Å². The van der Waals surface area contributed by atoms with E-state index in [-0.39, 0.29) is 28.4 Å². The topological polar surface area (TPSA) is 54.7 Å². The van der Waals surface area contributed by atoms with Crippen LogP contribution in [0.4, 0.5) is 0 Å². The van der Waals surface area contributed by atoms with Crippen LogP contribution < -0.4 is 5.73 Å². The Balaban J connectivity index is 0.00000176. The van der Waals surface area contributed by atoms with Crippen molar-refractivity contribution in [2.24, 2.45) is 5.73 Å². The molecule has 0 amide bonds. The van der Waals surface area contributed by atoms with Gasteiger partial charge in [0.2, 0.25) is 0 Å². The van der Waals surface area contributed by atoms with Crippen LogP contribution in [0.3, 0.4) is 0 Å². The molecule has 3 aromatic rings. The molecule has 0 aliphatic heterocycles. The summed E-state index contributed by atoms with van der Waals surface area (Å²) in [6.45, 7) is 6.53. The van der Waals surface area contributed by atoms with Gasteiger partial charge in [-0.05, 0) is 18.1 Å². The molecule has 0 aliphatic carbocycles. The molecule has 3 N–H and O–H groups in total. The van der Waals surface area contributed by atoms with Crippen LogP contribution in [0.15, 0.2) is 35.8 Å². The number of fused-ring (bicyclic) bond motifs is 1. The zero-order valence-electron chi connectivity index (χ0n) is 13.1. The fourth-order valence-corrected chi connectivity index (χ4v) is 3.47. The lowest BCUT2D eigenvalue weighted by Crippen LogP contribution is -2.15. The van der Waals surface area contributed by atoms with Gasteiger partial charge >= 0.3 is 0 Å². The Kier molecular flexibility index (Phi) is 5.10. The number of halogens is 1. The number of benzene rings is 1. The number of nitrogens with one attached hydrogen (secondary N) is 1. The highest BCUT2D eigenvalue weighted by molar-refractivity contribution is 8.93. The summed E-state index contributed by atoms with van der Waals surface area (Å²) in [7, 11) is 0. The molecule has 118 valence electrons. The van der Waals surface area contributed by atoms with Crippen LogP contribution in [0.2, 0.25) is 0 Å². The highest BCUT2D eigenvalue weighted by Gasteiger charge is 2.20. The summed E-state index contributed by atoms with van der Waals surface area (Å²) in [5, 5.41) is 4.40.